The van der Waals surface area contributed by atoms with Crippen molar-refractivity contribution in [2.24, 2.45) is 0 Å². The summed E-state index contributed by atoms with van der Waals surface area (Å²) >= 11 is 0. The van der Waals surface area contributed by atoms with E-state index >= 15 is 0 Å². The molecule has 3 nitrogen and oxygen atoms in total. The summed E-state index contributed by atoms with van der Waals surface area (Å²) in [7, 11) is 1.61. The van der Waals surface area contributed by atoms with Crippen molar-refractivity contribution in [3.63, 3.8) is 0 Å². The molecule has 0 spiro atoms. The smallest absolute Gasteiger partial charge is 0.169 e. The van der Waals surface area contributed by atoms with Crippen LogP contribution in [0.15, 0.2) is 48.5 Å². The van der Waals surface area contributed by atoms with Crippen LogP contribution in [0.1, 0.15) is 5.56 Å². The summed E-state index contributed by atoms with van der Waals surface area (Å²) in [6, 6.07) is 14.8. The lowest BCUT2D eigenvalue weighted by atomic mass is 10.2. The Labute approximate surface area is 100 Å². The van der Waals surface area contributed by atoms with E-state index in [0.717, 1.165) is 5.56 Å². The highest BCUT2D eigenvalue weighted by atomic mass is 16.5. The van der Waals surface area contributed by atoms with E-state index in [4.69, 9.17) is 14.6 Å². The first-order valence-electron chi connectivity index (χ1n) is 5.34. The number of ether oxygens (including phenoxy) is 2. The van der Waals surface area contributed by atoms with Crippen LogP contribution in [-0.2, 0) is 6.61 Å². The van der Waals surface area contributed by atoms with Crippen LogP contribution in [0, 0.1) is 0 Å². The molecule has 3 heteroatoms. The van der Waals surface area contributed by atoms with Crippen LogP contribution in [0.3, 0.4) is 0 Å². The van der Waals surface area contributed by atoms with E-state index in [1.807, 2.05) is 48.5 Å². The third kappa shape index (κ3) is 2.77. The Morgan fingerprint density at radius 2 is 1.59 bits per heavy atom. The largest absolute Gasteiger partial charge is 0.493 e. The summed E-state index contributed by atoms with van der Waals surface area (Å²) in [5.41, 5.74) is 0.859. The number of hydrogen-bond donors (Lipinski definition) is 1. The molecule has 0 aliphatic rings. The van der Waals surface area contributed by atoms with E-state index in [-0.39, 0.29) is 6.61 Å². The first-order chi connectivity index (χ1) is 8.33. The molecule has 0 fully saturated rings. The fourth-order valence-corrected chi connectivity index (χ4v) is 1.49. The summed E-state index contributed by atoms with van der Waals surface area (Å²) in [5.74, 6) is 2.08. The molecule has 0 atom stereocenters. The molecular formula is C14H14O3. The van der Waals surface area contributed by atoms with Gasteiger partial charge in [0.15, 0.2) is 11.5 Å². The maximum absolute atomic E-state index is 8.94. The minimum Gasteiger partial charge on any atom is -0.493 e. The van der Waals surface area contributed by atoms with Crippen LogP contribution < -0.4 is 9.47 Å². The van der Waals surface area contributed by atoms with Gasteiger partial charge in [-0.3, -0.25) is 0 Å². The molecule has 0 unspecified atom stereocenters. The number of benzene rings is 2. The highest BCUT2D eigenvalue weighted by Gasteiger charge is 2.03. The van der Waals surface area contributed by atoms with Gasteiger partial charge in [0.05, 0.1) is 13.7 Å². The van der Waals surface area contributed by atoms with Gasteiger partial charge in [0.25, 0.3) is 0 Å². The highest BCUT2D eigenvalue weighted by molar-refractivity contribution is 5.42. The Bertz CT molecular complexity index is 477. The van der Waals surface area contributed by atoms with Gasteiger partial charge in [-0.25, -0.2) is 0 Å². The van der Waals surface area contributed by atoms with Crippen molar-refractivity contribution in [1.29, 1.82) is 0 Å². The van der Waals surface area contributed by atoms with E-state index in [9.17, 15) is 0 Å². The van der Waals surface area contributed by atoms with Crippen LogP contribution in [-0.4, -0.2) is 12.2 Å². The van der Waals surface area contributed by atoms with E-state index < -0.39 is 0 Å². The first-order valence-corrected chi connectivity index (χ1v) is 5.34. The minimum atomic E-state index is 0.0366. The summed E-state index contributed by atoms with van der Waals surface area (Å²) < 4.78 is 10.9. The van der Waals surface area contributed by atoms with Gasteiger partial charge < -0.3 is 14.6 Å². The Kier molecular flexibility index (Phi) is 3.62. The maximum Gasteiger partial charge on any atom is 0.169 e. The van der Waals surface area contributed by atoms with Gasteiger partial charge in [-0.15, -0.1) is 0 Å². The van der Waals surface area contributed by atoms with Gasteiger partial charge >= 0.3 is 0 Å². The third-order valence-corrected chi connectivity index (χ3v) is 2.40. The Balaban J connectivity index is 2.19. The molecule has 2 aromatic carbocycles. The monoisotopic (exact) mass is 230 g/mol. The second kappa shape index (κ2) is 5.37. The van der Waals surface area contributed by atoms with Gasteiger partial charge in [-0.2, -0.15) is 0 Å². The quantitative estimate of drug-likeness (QED) is 0.877. The average molecular weight is 230 g/mol. The van der Waals surface area contributed by atoms with Crippen molar-refractivity contribution in [2.45, 2.75) is 6.61 Å². The number of rotatable bonds is 4. The van der Waals surface area contributed by atoms with E-state index in [1.165, 1.54) is 0 Å². The molecule has 2 rings (SSSR count). The van der Waals surface area contributed by atoms with Gasteiger partial charge in [0.1, 0.15) is 5.75 Å². The standard InChI is InChI=1S/C14H14O3/c1-16-13-4-2-3-5-14(13)17-12-8-6-11(10-15)7-9-12/h2-9,15H,10H2,1H3. The molecule has 0 aromatic heterocycles. The zero-order chi connectivity index (χ0) is 12.1. The lowest BCUT2D eigenvalue weighted by Gasteiger charge is -2.09. The maximum atomic E-state index is 8.94. The Hall–Kier alpha value is -2.00. The molecule has 0 saturated carbocycles. The van der Waals surface area contributed by atoms with Gasteiger partial charge in [-0.05, 0) is 29.8 Å². The molecule has 0 radical (unpaired) electrons. The molecule has 88 valence electrons. The topological polar surface area (TPSA) is 38.7 Å². The molecule has 0 heterocycles. The normalized spacial score (nSPS) is 10.0. The van der Waals surface area contributed by atoms with Crippen molar-refractivity contribution in [1.82, 2.24) is 0 Å². The average Bonchev–Trinajstić information content (AvgIpc) is 2.40. The SMILES string of the molecule is COc1ccccc1Oc1ccc(CO)cc1. The number of para-hydroxylation sites is 2. The predicted octanol–water partition coefficient (Wildman–Crippen LogP) is 2.98. The van der Waals surface area contributed by atoms with Crippen LogP contribution >= 0.6 is 0 Å². The Morgan fingerprint density at radius 3 is 2.18 bits per heavy atom. The lowest BCUT2D eigenvalue weighted by molar-refractivity contribution is 0.281. The second-order valence-electron chi connectivity index (χ2n) is 3.55. The third-order valence-electron chi connectivity index (χ3n) is 2.40. The minimum absolute atomic E-state index is 0.0366. The molecule has 0 aliphatic heterocycles. The molecule has 0 aliphatic carbocycles. The molecule has 2 aromatic rings. The highest BCUT2D eigenvalue weighted by Crippen LogP contribution is 2.30. The second-order valence-corrected chi connectivity index (χ2v) is 3.55. The summed E-state index contributed by atoms with van der Waals surface area (Å²) in [6.45, 7) is 0.0366. The van der Waals surface area contributed by atoms with Crippen molar-refractivity contribution in [2.75, 3.05) is 7.11 Å². The van der Waals surface area contributed by atoms with Crippen molar-refractivity contribution in [3.05, 3.63) is 54.1 Å². The Morgan fingerprint density at radius 1 is 0.941 bits per heavy atom. The van der Waals surface area contributed by atoms with Crippen LogP contribution in [0.4, 0.5) is 0 Å². The number of aliphatic hydroxyl groups is 1. The van der Waals surface area contributed by atoms with Crippen LogP contribution in [0.5, 0.6) is 17.2 Å². The zero-order valence-electron chi connectivity index (χ0n) is 9.59. The van der Waals surface area contributed by atoms with E-state index in [2.05, 4.69) is 0 Å². The summed E-state index contributed by atoms with van der Waals surface area (Å²) in [5, 5.41) is 8.94. The van der Waals surface area contributed by atoms with Crippen LogP contribution in [0.25, 0.3) is 0 Å². The van der Waals surface area contributed by atoms with Crippen molar-refractivity contribution < 1.29 is 14.6 Å². The molecular weight excluding hydrogens is 216 g/mol. The van der Waals surface area contributed by atoms with Crippen LogP contribution in [0.2, 0.25) is 0 Å². The molecule has 0 bridgehead atoms. The van der Waals surface area contributed by atoms with E-state index in [0.29, 0.717) is 17.2 Å². The number of hydrogen-bond acceptors (Lipinski definition) is 3. The van der Waals surface area contributed by atoms with Gasteiger partial charge in [-0.1, -0.05) is 24.3 Å². The molecule has 0 saturated heterocycles. The summed E-state index contributed by atoms with van der Waals surface area (Å²) in [4.78, 5) is 0. The van der Waals surface area contributed by atoms with Gasteiger partial charge in [0.2, 0.25) is 0 Å². The predicted molar refractivity (Wildman–Crippen MR) is 65.4 cm³/mol. The summed E-state index contributed by atoms with van der Waals surface area (Å²) in [6.07, 6.45) is 0. The lowest BCUT2D eigenvalue weighted by Crippen LogP contribution is -1.90. The fourth-order valence-electron chi connectivity index (χ4n) is 1.49. The van der Waals surface area contributed by atoms with Crippen molar-refractivity contribution >= 4 is 0 Å². The first kappa shape index (κ1) is 11.5. The zero-order valence-corrected chi connectivity index (χ0v) is 9.59. The molecule has 17 heavy (non-hydrogen) atoms. The van der Waals surface area contributed by atoms with E-state index in [1.54, 1.807) is 7.11 Å². The number of aliphatic hydroxyl groups excluding tert-OH is 1. The fraction of sp³-hybridized carbons (Fsp3) is 0.143. The number of methoxy groups -OCH3 is 1. The van der Waals surface area contributed by atoms with Gasteiger partial charge in [0, 0.05) is 0 Å². The molecule has 0 amide bonds. The molecule has 1 N–H and O–H groups in total. The van der Waals surface area contributed by atoms with Crippen molar-refractivity contribution in [3.8, 4) is 17.2 Å².